The number of nitrogens with zero attached hydrogens (tertiary/aromatic N) is 3. The molecule has 0 saturated carbocycles. The van der Waals surface area contributed by atoms with E-state index >= 15 is 0 Å². The molecule has 0 atom stereocenters. The normalized spacial score (nSPS) is 10.8. The van der Waals surface area contributed by atoms with Crippen molar-refractivity contribution in [3.63, 3.8) is 0 Å². The predicted octanol–water partition coefficient (Wildman–Crippen LogP) is 4.20. The third-order valence-corrected chi connectivity index (χ3v) is 6.00. The van der Waals surface area contributed by atoms with Crippen LogP contribution in [0.1, 0.15) is 11.4 Å². The molecule has 0 bridgehead atoms. The third-order valence-electron chi connectivity index (χ3n) is 4.80. The highest BCUT2D eigenvalue weighted by atomic mass is 35.5. The summed E-state index contributed by atoms with van der Waals surface area (Å²) in [6.07, 6.45) is 4.79. The van der Waals surface area contributed by atoms with E-state index in [-0.39, 0.29) is 24.1 Å². The maximum absolute atomic E-state index is 12.4. The van der Waals surface area contributed by atoms with Gasteiger partial charge in [0.1, 0.15) is 0 Å². The molecule has 3 aromatic rings. The Morgan fingerprint density at radius 2 is 1.94 bits per heavy atom. The van der Waals surface area contributed by atoms with Crippen LogP contribution in [0.4, 0.5) is 5.69 Å². The number of amides is 2. The second-order valence-electron chi connectivity index (χ2n) is 7.31. The van der Waals surface area contributed by atoms with Crippen molar-refractivity contribution in [1.82, 2.24) is 20.1 Å². The van der Waals surface area contributed by atoms with Crippen LogP contribution in [0, 0.1) is 0 Å². The smallest absolute Gasteiger partial charge is 0.244 e. The number of ether oxygens (including phenoxy) is 2. The summed E-state index contributed by atoms with van der Waals surface area (Å²) in [5, 5.41) is 15.0. The lowest BCUT2D eigenvalue weighted by Crippen LogP contribution is -2.23. The summed E-state index contributed by atoms with van der Waals surface area (Å²) in [7, 11) is 3.11. The van der Waals surface area contributed by atoms with Crippen molar-refractivity contribution in [2.75, 3.05) is 25.3 Å². The first-order valence-electron chi connectivity index (χ1n) is 10.8. The van der Waals surface area contributed by atoms with Crippen LogP contribution in [0.2, 0.25) is 5.02 Å². The van der Waals surface area contributed by atoms with E-state index in [1.165, 1.54) is 17.8 Å². The predicted molar refractivity (Wildman–Crippen MR) is 141 cm³/mol. The van der Waals surface area contributed by atoms with Crippen LogP contribution < -0.4 is 20.1 Å². The molecule has 2 amide bonds. The lowest BCUT2D eigenvalue weighted by Gasteiger charge is -2.09. The van der Waals surface area contributed by atoms with Gasteiger partial charge in [-0.05, 0) is 42.0 Å². The van der Waals surface area contributed by atoms with Crippen molar-refractivity contribution in [3.8, 4) is 11.5 Å². The molecule has 0 fully saturated rings. The molecule has 11 heteroatoms. The minimum atomic E-state index is -0.298. The monoisotopic (exact) mass is 527 g/mol. The Labute approximate surface area is 218 Å². The van der Waals surface area contributed by atoms with E-state index in [9.17, 15) is 9.59 Å². The summed E-state index contributed by atoms with van der Waals surface area (Å²) in [4.78, 5) is 24.7. The van der Waals surface area contributed by atoms with Crippen molar-refractivity contribution in [3.05, 3.63) is 77.6 Å². The van der Waals surface area contributed by atoms with Crippen LogP contribution in [-0.2, 0) is 22.7 Å². The average Bonchev–Trinajstić information content (AvgIpc) is 3.26. The minimum absolute atomic E-state index is 0.127. The number of carbonyl (C=O) groups is 2. The Kier molecular flexibility index (Phi) is 9.96. The number of nitrogens with one attached hydrogen (secondary N) is 2. The molecule has 0 saturated heterocycles. The van der Waals surface area contributed by atoms with Crippen LogP contribution in [0.25, 0.3) is 6.08 Å². The summed E-state index contributed by atoms with van der Waals surface area (Å²) in [6.45, 7) is 4.35. The number of anilines is 1. The molecule has 9 nitrogen and oxygen atoms in total. The van der Waals surface area contributed by atoms with Crippen LogP contribution in [0.3, 0.4) is 0 Å². The summed E-state index contributed by atoms with van der Waals surface area (Å²) < 4.78 is 12.3. The number of hydrogen-bond donors (Lipinski definition) is 2. The lowest BCUT2D eigenvalue weighted by molar-refractivity contribution is -0.116. The van der Waals surface area contributed by atoms with E-state index in [1.54, 1.807) is 67.3 Å². The van der Waals surface area contributed by atoms with E-state index in [4.69, 9.17) is 21.1 Å². The van der Waals surface area contributed by atoms with Crippen molar-refractivity contribution >= 4 is 46.9 Å². The maximum atomic E-state index is 12.4. The molecule has 0 radical (unpaired) electrons. The van der Waals surface area contributed by atoms with Gasteiger partial charge in [-0.3, -0.25) is 9.59 Å². The largest absolute Gasteiger partial charge is 0.493 e. The fourth-order valence-electron chi connectivity index (χ4n) is 3.12. The van der Waals surface area contributed by atoms with Crippen molar-refractivity contribution in [1.29, 1.82) is 0 Å². The van der Waals surface area contributed by atoms with Gasteiger partial charge in [0.2, 0.25) is 11.8 Å². The van der Waals surface area contributed by atoms with Gasteiger partial charge in [0, 0.05) is 23.3 Å². The number of thioether (sulfide) groups is 1. The molecule has 2 N–H and O–H groups in total. The van der Waals surface area contributed by atoms with Crippen LogP contribution >= 0.6 is 23.4 Å². The van der Waals surface area contributed by atoms with Gasteiger partial charge in [0.05, 0.1) is 26.5 Å². The van der Waals surface area contributed by atoms with Gasteiger partial charge in [0.25, 0.3) is 0 Å². The number of benzene rings is 2. The maximum Gasteiger partial charge on any atom is 0.244 e. The molecule has 0 aliphatic carbocycles. The fourth-order valence-corrected chi connectivity index (χ4v) is 4.07. The number of hydrogen-bond acceptors (Lipinski definition) is 7. The summed E-state index contributed by atoms with van der Waals surface area (Å²) in [6, 6.07) is 12.3. The van der Waals surface area contributed by atoms with Crippen molar-refractivity contribution in [2.45, 2.75) is 18.2 Å². The highest BCUT2D eigenvalue weighted by Gasteiger charge is 2.14. The minimum Gasteiger partial charge on any atom is -0.493 e. The molecule has 0 aliphatic rings. The van der Waals surface area contributed by atoms with Gasteiger partial charge < -0.3 is 24.7 Å². The standard InChI is InChI=1S/C25H26ClN5O4S/c1-4-12-31-22(15-27-23(32)11-9-17-8-10-20(34-2)21(13-17)35-3)29-30-25(31)36-16-24(33)28-19-7-5-6-18(26)14-19/h4-11,13-14H,1,12,15-16H2,2-3H3,(H,27,32)(H,28,33)/b11-9+. The van der Waals surface area contributed by atoms with E-state index in [0.717, 1.165) is 5.56 Å². The molecule has 0 aliphatic heterocycles. The molecule has 0 spiro atoms. The summed E-state index contributed by atoms with van der Waals surface area (Å²) in [5.41, 5.74) is 1.40. The van der Waals surface area contributed by atoms with Crippen molar-refractivity contribution < 1.29 is 19.1 Å². The van der Waals surface area contributed by atoms with E-state index in [1.807, 2.05) is 6.07 Å². The Morgan fingerprint density at radius 3 is 2.67 bits per heavy atom. The first-order valence-corrected chi connectivity index (χ1v) is 12.2. The molecule has 1 aromatic heterocycles. The number of halogens is 1. The first-order chi connectivity index (χ1) is 17.4. The molecule has 36 heavy (non-hydrogen) atoms. The highest BCUT2D eigenvalue weighted by Crippen LogP contribution is 2.28. The second kappa shape index (κ2) is 13.4. The molecular formula is C25H26ClN5O4S. The Morgan fingerprint density at radius 1 is 1.14 bits per heavy atom. The molecule has 0 unspecified atom stereocenters. The number of carbonyl (C=O) groups excluding carboxylic acids is 2. The van der Waals surface area contributed by atoms with Gasteiger partial charge in [-0.1, -0.05) is 41.6 Å². The topological polar surface area (TPSA) is 107 Å². The van der Waals surface area contributed by atoms with Crippen molar-refractivity contribution in [2.24, 2.45) is 0 Å². The zero-order valence-electron chi connectivity index (χ0n) is 19.9. The Bertz CT molecular complexity index is 1260. The Balaban J connectivity index is 1.57. The van der Waals surface area contributed by atoms with Gasteiger partial charge in [-0.15, -0.1) is 16.8 Å². The zero-order chi connectivity index (χ0) is 25.9. The molecular weight excluding hydrogens is 502 g/mol. The number of aromatic nitrogens is 3. The molecule has 188 valence electrons. The lowest BCUT2D eigenvalue weighted by atomic mass is 10.2. The fraction of sp³-hybridized carbons (Fsp3) is 0.200. The van der Waals surface area contributed by atoms with Gasteiger partial charge in [-0.2, -0.15) is 0 Å². The zero-order valence-corrected chi connectivity index (χ0v) is 21.4. The van der Waals surface area contributed by atoms with E-state index in [2.05, 4.69) is 27.4 Å². The third kappa shape index (κ3) is 7.62. The van der Waals surface area contributed by atoms with Crippen LogP contribution in [-0.4, -0.2) is 46.6 Å². The molecule has 1 heterocycles. The summed E-state index contributed by atoms with van der Waals surface area (Å²) in [5.74, 6) is 1.35. The Hall–Kier alpha value is -3.76. The SMILES string of the molecule is C=CCn1c(CNC(=O)/C=C/c2ccc(OC)c(OC)c2)nnc1SCC(=O)Nc1cccc(Cl)c1. The first kappa shape index (κ1) is 26.8. The van der Waals surface area contributed by atoms with Gasteiger partial charge in [-0.25, -0.2) is 0 Å². The highest BCUT2D eigenvalue weighted by molar-refractivity contribution is 7.99. The van der Waals surface area contributed by atoms with Crippen LogP contribution in [0.5, 0.6) is 11.5 Å². The van der Waals surface area contributed by atoms with E-state index < -0.39 is 0 Å². The average molecular weight is 528 g/mol. The van der Waals surface area contributed by atoms with Gasteiger partial charge >= 0.3 is 0 Å². The van der Waals surface area contributed by atoms with Crippen LogP contribution in [0.15, 0.2) is 66.4 Å². The number of methoxy groups -OCH3 is 2. The van der Waals surface area contributed by atoms with Gasteiger partial charge in [0.15, 0.2) is 22.5 Å². The number of rotatable bonds is 12. The molecule has 2 aromatic carbocycles. The molecule has 3 rings (SSSR count). The second-order valence-corrected chi connectivity index (χ2v) is 8.69. The van der Waals surface area contributed by atoms with E-state index in [0.29, 0.717) is 39.7 Å². The quantitative estimate of drug-likeness (QED) is 0.206. The summed E-state index contributed by atoms with van der Waals surface area (Å²) >= 11 is 7.19. The number of allylic oxidation sites excluding steroid dienone is 1.